The third-order valence-corrected chi connectivity index (χ3v) is 3.79. The summed E-state index contributed by atoms with van der Waals surface area (Å²) in [5.74, 6) is -1.22. The smallest absolute Gasteiger partial charge is 0.309 e. The number of nitrogens with zero attached hydrogens (tertiary/aromatic N) is 2. The van der Waals surface area contributed by atoms with Crippen LogP contribution in [0.25, 0.3) is 0 Å². The largest absolute Gasteiger partial charge is 0.481 e. The zero-order valence-corrected chi connectivity index (χ0v) is 11.0. The van der Waals surface area contributed by atoms with E-state index in [0.29, 0.717) is 21.4 Å². The maximum absolute atomic E-state index is 11.8. The lowest BCUT2D eigenvalue weighted by Gasteiger charge is -1.98. The molecule has 0 saturated heterocycles. The Labute approximate surface area is 110 Å². The van der Waals surface area contributed by atoms with Gasteiger partial charge in [0.25, 0.3) is 5.91 Å². The van der Waals surface area contributed by atoms with Crippen LogP contribution in [0.5, 0.6) is 0 Å². The highest BCUT2D eigenvalue weighted by Gasteiger charge is 2.14. The molecule has 1 amide bonds. The number of hydrogen-bond acceptors (Lipinski definition) is 6. The van der Waals surface area contributed by atoms with Crippen molar-refractivity contribution in [2.45, 2.75) is 13.3 Å². The van der Waals surface area contributed by atoms with Gasteiger partial charge in [0.1, 0.15) is 4.88 Å². The summed E-state index contributed by atoms with van der Waals surface area (Å²) in [4.78, 5) is 30.9. The Morgan fingerprint density at radius 1 is 1.44 bits per heavy atom. The van der Waals surface area contributed by atoms with Crippen LogP contribution in [0.15, 0.2) is 10.9 Å². The number of anilines is 1. The predicted molar refractivity (Wildman–Crippen MR) is 68.3 cm³/mol. The van der Waals surface area contributed by atoms with Crippen molar-refractivity contribution in [3.63, 3.8) is 0 Å². The Bertz CT molecular complexity index is 591. The second kappa shape index (κ2) is 5.23. The van der Waals surface area contributed by atoms with Gasteiger partial charge >= 0.3 is 5.97 Å². The molecule has 0 fully saturated rings. The van der Waals surface area contributed by atoms with Gasteiger partial charge in [0.15, 0.2) is 5.13 Å². The molecule has 0 saturated carbocycles. The summed E-state index contributed by atoms with van der Waals surface area (Å²) in [5, 5.41) is 13.2. The van der Waals surface area contributed by atoms with E-state index in [-0.39, 0.29) is 12.3 Å². The molecule has 0 aliphatic heterocycles. The first-order valence-corrected chi connectivity index (χ1v) is 6.70. The monoisotopic (exact) mass is 283 g/mol. The minimum Gasteiger partial charge on any atom is -0.481 e. The molecule has 6 nitrogen and oxygen atoms in total. The van der Waals surface area contributed by atoms with Gasteiger partial charge in [0.2, 0.25) is 0 Å². The topological polar surface area (TPSA) is 92.2 Å². The minimum atomic E-state index is -0.948. The van der Waals surface area contributed by atoms with Crippen LogP contribution in [0.4, 0.5) is 5.13 Å². The van der Waals surface area contributed by atoms with Crippen LogP contribution < -0.4 is 5.32 Å². The number of rotatable bonds is 4. The van der Waals surface area contributed by atoms with Gasteiger partial charge in [-0.15, -0.1) is 22.7 Å². The number of nitrogens with one attached hydrogen (secondary N) is 1. The first-order chi connectivity index (χ1) is 8.56. The van der Waals surface area contributed by atoms with Crippen LogP contribution in [-0.2, 0) is 11.2 Å². The van der Waals surface area contributed by atoms with Crippen LogP contribution in [0, 0.1) is 6.92 Å². The number of aliphatic carboxylic acids is 1. The summed E-state index contributed by atoms with van der Waals surface area (Å²) in [6.45, 7) is 1.75. The summed E-state index contributed by atoms with van der Waals surface area (Å²) in [6.07, 6.45) is -0.147. The predicted octanol–water partition coefficient (Wildman–Crippen LogP) is 1.79. The Hall–Kier alpha value is -1.80. The van der Waals surface area contributed by atoms with Gasteiger partial charge in [0.05, 0.1) is 23.3 Å². The van der Waals surface area contributed by atoms with E-state index >= 15 is 0 Å². The molecule has 0 aliphatic rings. The highest BCUT2D eigenvalue weighted by Crippen LogP contribution is 2.19. The Morgan fingerprint density at radius 2 is 2.22 bits per heavy atom. The fourth-order valence-electron chi connectivity index (χ4n) is 1.27. The molecule has 18 heavy (non-hydrogen) atoms. The van der Waals surface area contributed by atoms with Crippen LogP contribution in [0.2, 0.25) is 0 Å². The molecule has 0 aromatic carbocycles. The Balaban J connectivity index is 2.06. The molecule has 2 aromatic rings. The number of carbonyl (C=O) groups is 2. The van der Waals surface area contributed by atoms with Crippen LogP contribution in [0.3, 0.4) is 0 Å². The van der Waals surface area contributed by atoms with Gasteiger partial charge in [-0.05, 0) is 6.92 Å². The second-order valence-electron chi connectivity index (χ2n) is 3.44. The Morgan fingerprint density at radius 3 is 2.83 bits per heavy atom. The standard InChI is InChI=1S/C10H9N3O3S2/c1-5-8(18-4-11-5)9(16)13-10-12-6(3-17-10)2-7(14)15/h3-4H,2H2,1H3,(H,14,15)(H,12,13,16). The number of carboxylic acid groups (broad SMARTS) is 1. The lowest BCUT2D eigenvalue weighted by atomic mass is 10.3. The molecule has 0 spiro atoms. The zero-order chi connectivity index (χ0) is 13.1. The summed E-state index contributed by atoms with van der Waals surface area (Å²) in [5.41, 5.74) is 2.70. The average molecular weight is 283 g/mol. The molecule has 0 atom stereocenters. The Kier molecular flexibility index (Phi) is 3.68. The van der Waals surface area contributed by atoms with Crippen molar-refractivity contribution in [3.05, 3.63) is 27.2 Å². The molecule has 0 aliphatic carbocycles. The normalized spacial score (nSPS) is 10.3. The summed E-state index contributed by atoms with van der Waals surface area (Å²) >= 11 is 2.45. The molecule has 8 heteroatoms. The first-order valence-electron chi connectivity index (χ1n) is 4.94. The number of carboxylic acids is 1. The molecular weight excluding hydrogens is 274 g/mol. The SMILES string of the molecule is Cc1ncsc1C(=O)Nc1nc(CC(=O)O)cs1. The highest BCUT2D eigenvalue weighted by atomic mass is 32.1. The molecule has 2 heterocycles. The van der Waals surface area contributed by atoms with Gasteiger partial charge in [-0.2, -0.15) is 0 Å². The summed E-state index contributed by atoms with van der Waals surface area (Å²) in [6, 6.07) is 0. The lowest BCUT2D eigenvalue weighted by molar-refractivity contribution is -0.136. The van der Waals surface area contributed by atoms with Gasteiger partial charge < -0.3 is 5.11 Å². The summed E-state index contributed by atoms with van der Waals surface area (Å²) in [7, 11) is 0. The number of thiazole rings is 2. The molecular formula is C10H9N3O3S2. The van der Waals surface area contributed by atoms with E-state index in [4.69, 9.17) is 5.11 Å². The molecule has 0 unspecified atom stereocenters. The highest BCUT2D eigenvalue weighted by molar-refractivity contribution is 7.14. The second-order valence-corrected chi connectivity index (χ2v) is 5.15. The maximum Gasteiger partial charge on any atom is 0.309 e. The van der Waals surface area contributed by atoms with E-state index in [0.717, 1.165) is 0 Å². The number of aromatic nitrogens is 2. The molecule has 2 rings (SSSR count). The quantitative estimate of drug-likeness (QED) is 0.892. The van der Waals surface area contributed by atoms with E-state index in [1.54, 1.807) is 17.8 Å². The molecule has 0 bridgehead atoms. The van der Waals surface area contributed by atoms with E-state index in [2.05, 4.69) is 15.3 Å². The molecule has 2 aromatic heterocycles. The number of hydrogen-bond donors (Lipinski definition) is 2. The van der Waals surface area contributed by atoms with Crippen molar-refractivity contribution >= 4 is 39.7 Å². The lowest BCUT2D eigenvalue weighted by Crippen LogP contribution is -2.11. The van der Waals surface area contributed by atoms with Crippen molar-refractivity contribution in [2.75, 3.05) is 5.32 Å². The number of carbonyl (C=O) groups excluding carboxylic acids is 1. The van der Waals surface area contributed by atoms with E-state index in [9.17, 15) is 9.59 Å². The van der Waals surface area contributed by atoms with Crippen molar-refractivity contribution in [2.24, 2.45) is 0 Å². The third-order valence-electron chi connectivity index (χ3n) is 2.06. The third kappa shape index (κ3) is 2.90. The van der Waals surface area contributed by atoms with Crippen molar-refractivity contribution < 1.29 is 14.7 Å². The van der Waals surface area contributed by atoms with Crippen LogP contribution in [0.1, 0.15) is 21.1 Å². The molecule has 0 radical (unpaired) electrons. The zero-order valence-electron chi connectivity index (χ0n) is 9.34. The van der Waals surface area contributed by atoms with Crippen LogP contribution >= 0.6 is 22.7 Å². The fourth-order valence-corrected chi connectivity index (χ4v) is 2.68. The van der Waals surface area contributed by atoms with Crippen LogP contribution in [-0.4, -0.2) is 27.0 Å². The molecule has 2 N–H and O–H groups in total. The van der Waals surface area contributed by atoms with Crippen molar-refractivity contribution in [1.29, 1.82) is 0 Å². The van der Waals surface area contributed by atoms with E-state index in [1.807, 2.05) is 0 Å². The van der Waals surface area contributed by atoms with Gasteiger partial charge in [-0.1, -0.05) is 0 Å². The van der Waals surface area contributed by atoms with Gasteiger partial charge in [0, 0.05) is 5.38 Å². The first kappa shape index (κ1) is 12.7. The number of amides is 1. The number of aryl methyl sites for hydroxylation is 1. The van der Waals surface area contributed by atoms with E-state index < -0.39 is 5.97 Å². The van der Waals surface area contributed by atoms with Crippen molar-refractivity contribution in [1.82, 2.24) is 9.97 Å². The summed E-state index contributed by atoms with van der Waals surface area (Å²) < 4.78 is 0. The fraction of sp³-hybridized carbons (Fsp3) is 0.200. The maximum atomic E-state index is 11.8. The minimum absolute atomic E-state index is 0.147. The van der Waals surface area contributed by atoms with Crippen molar-refractivity contribution in [3.8, 4) is 0 Å². The van der Waals surface area contributed by atoms with Gasteiger partial charge in [-0.3, -0.25) is 14.9 Å². The molecule has 94 valence electrons. The average Bonchev–Trinajstić information content (AvgIpc) is 2.87. The van der Waals surface area contributed by atoms with E-state index in [1.165, 1.54) is 22.7 Å². The van der Waals surface area contributed by atoms with Gasteiger partial charge in [-0.25, -0.2) is 9.97 Å².